The van der Waals surface area contributed by atoms with E-state index in [9.17, 15) is 4.79 Å². The number of nitrogens with one attached hydrogen (secondary N) is 1. The smallest absolute Gasteiger partial charge is 0.226 e. The van der Waals surface area contributed by atoms with E-state index in [-0.39, 0.29) is 16.9 Å². The molecule has 3 heteroatoms. The first-order valence-electron chi connectivity index (χ1n) is 8.83. The number of amides is 1. The zero-order chi connectivity index (χ0) is 17.0. The topological polar surface area (TPSA) is 32.3 Å². The van der Waals surface area contributed by atoms with E-state index in [1.54, 1.807) is 0 Å². The first-order chi connectivity index (χ1) is 10.2. The zero-order valence-electron chi connectivity index (χ0n) is 15.5. The van der Waals surface area contributed by atoms with Gasteiger partial charge in [-0.05, 0) is 65.0 Å². The maximum atomic E-state index is 13.0. The molecule has 1 saturated carbocycles. The normalized spacial score (nSPS) is 29.4. The average molecular weight is 309 g/mol. The Morgan fingerprint density at radius 2 is 1.91 bits per heavy atom. The van der Waals surface area contributed by atoms with Gasteiger partial charge in [0, 0.05) is 12.1 Å². The molecule has 1 amide bonds. The molecule has 0 aromatic carbocycles. The Morgan fingerprint density at radius 1 is 1.32 bits per heavy atom. The lowest BCUT2D eigenvalue weighted by Crippen LogP contribution is -2.54. The van der Waals surface area contributed by atoms with Crippen molar-refractivity contribution in [3.63, 3.8) is 0 Å². The first kappa shape index (κ1) is 19.2. The first-order valence-corrected chi connectivity index (χ1v) is 8.83. The van der Waals surface area contributed by atoms with Gasteiger partial charge in [0.05, 0.1) is 5.41 Å². The Kier molecular flexibility index (Phi) is 6.66. The Morgan fingerprint density at radius 3 is 2.36 bits per heavy atom. The van der Waals surface area contributed by atoms with Crippen LogP contribution in [-0.2, 0) is 4.79 Å². The summed E-state index contributed by atoms with van der Waals surface area (Å²) in [5.74, 6) is 1.10. The number of nitrogens with zero attached hydrogens (tertiary/aromatic N) is 1. The van der Waals surface area contributed by atoms with E-state index in [2.05, 4.69) is 58.3 Å². The standard InChI is InChI=1S/C19H36N2O/c1-8-15-11-12-16(14-21(9-2)10-3)19(7,13-15)17(22)20-18(4,5)6/h8,15-16H,1,9-14H2,2-7H3,(H,20,22)/t15-,16?,19+/m1/s1. The van der Waals surface area contributed by atoms with Crippen LogP contribution in [0, 0.1) is 17.3 Å². The van der Waals surface area contributed by atoms with E-state index in [0.29, 0.717) is 11.8 Å². The van der Waals surface area contributed by atoms with Crippen LogP contribution in [0.4, 0.5) is 0 Å². The summed E-state index contributed by atoms with van der Waals surface area (Å²) in [5, 5.41) is 3.22. The van der Waals surface area contributed by atoms with E-state index in [0.717, 1.165) is 38.9 Å². The molecule has 3 atom stereocenters. The fourth-order valence-electron chi connectivity index (χ4n) is 3.60. The van der Waals surface area contributed by atoms with Gasteiger partial charge in [0.15, 0.2) is 0 Å². The number of hydrogen-bond acceptors (Lipinski definition) is 2. The van der Waals surface area contributed by atoms with Crippen molar-refractivity contribution in [1.82, 2.24) is 10.2 Å². The number of rotatable bonds is 6. The minimum Gasteiger partial charge on any atom is -0.351 e. The Bertz CT molecular complexity index is 381. The summed E-state index contributed by atoms with van der Waals surface area (Å²) in [6, 6.07) is 0. The lowest BCUT2D eigenvalue weighted by molar-refractivity contribution is -0.138. The monoisotopic (exact) mass is 308 g/mol. The third-order valence-electron chi connectivity index (χ3n) is 5.19. The highest BCUT2D eigenvalue weighted by atomic mass is 16.2. The van der Waals surface area contributed by atoms with Gasteiger partial charge < -0.3 is 10.2 Å². The van der Waals surface area contributed by atoms with E-state index >= 15 is 0 Å². The van der Waals surface area contributed by atoms with Crippen LogP contribution in [0.2, 0.25) is 0 Å². The molecule has 0 spiro atoms. The fourth-order valence-corrected chi connectivity index (χ4v) is 3.60. The second-order valence-corrected chi connectivity index (χ2v) is 8.08. The Labute approximate surface area is 137 Å². The van der Waals surface area contributed by atoms with Crippen LogP contribution in [0.3, 0.4) is 0 Å². The number of hydrogen-bond donors (Lipinski definition) is 1. The third-order valence-corrected chi connectivity index (χ3v) is 5.19. The number of carbonyl (C=O) groups is 1. The molecule has 0 aromatic rings. The van der Waals surface area contributed by atoms with Gasteiger partial charge in [-0.3, -0.25) is 4.79 Å². The van der Waals surface area contributed by atoms with Gasteiger partial charge in [-0.25, -0.2) is 0 Å². The highest BCUT2D eigenvalue weighted by molar-refractivity contribution is 5.83. The lowest BCUT2D eigenvalue weighted by atomic mass is 9.63. The molecular formula is C19H36N2O. The maximum absolute atomic E-state index is 13.0. The van der Waals surface area contributed by atoms with Crippen LogP contribution in [-0.4, -0.2) is 36.0 Å². The minimum atomic E-state index is -0.299. The molecule has 0 radical (unpaired) electrons. The molecule has 0 bridgehead atoms. The summed E-state index contributed by atoms with van der Waals surface area (Å²) in [5.41, 5.74) is -0.478. The summed E-state index contributed by atoms with van der Waals surface area (Å²) in [4.78, 5) is 15.4. The molecule has 1 unspecified atom stereocenters. The predicted molar refractivity (Wildman–Crippen MR) is 94.8 cm³/mol. The molecule has 0 heterocycles. The van der Waals surface area contributed by atoms with E-state index in [1.165, 1.54) is 0 Å². The predicted octanol–water partition coefficient (Wildman–Crippen LogP) is 3.85. The van der Waals surface area contributed by atoms with Crippen LogP contribution in [0.25, 0.3) is 0 Å². The van der Waals surface area contributed by atoms with Gasteiger partial charge in [0.25, 0.3) is 0 Å². The summed E-state index contributed by atoms with van der Waals surface area (Å²) in [6.45, 7) is 19.8. The SMILES string of the molecule is C=C[C@@H]1CCC(CN(CC)CC)[C@@](C)(C(=O)NC(C)(C)C)C1. The van der Waals surface area contributed by atoms with Crippen molar-refractivity contribution >= 4 is 5.91 Å². The quantitative estimate of drug-likeness (QED) is 0.756. The van der Waals surface area contributed by atoms with Crippen LogP contribution >= 0.6 is 0 Å². The molecule has 1 aliphatic carbocycles. The summed E-state index contributed by atoms with van der Waals surface area (Å²) < 4.78 is 0. The second-order valence-electron chi connectivity index (χ2n) is 8.08. The molecule has 0 saturated heterocycles. The van der Waals surface area contributed by atoms with Crippen molar-refractivity contribution < 1.29 is 4.79 Å². The maximum Gasteiger partial charge on any atom is 0.226 e. The number of carbonyl (C=O) groups excluding carboxylic acids is 1. The van der Waals surface area contributed by atoms with Crippen LogP contribution in [0.15, 0.2) is 12.7 Å². The highest BCUT2D eigenvalue weighted by Crippen LogP contribution is 2.45. The van der Waals surface area contributed by atoms with Gasteiger partial charge in [0.2, 0.25) is 5.91 Å². The molecule has 22 heavy (non-hydrogen) atoms. The summed E-state index contributed by atoms with van der Waals surface area (Å²) in [6.07, 6.45) is 5.23. The molecule has 0 aliphatic heterocycles. The molecule has 1 aliphatic rings. The Balaban J connectivity index is 2.97. The van der Waals surface area contributed by atoms with Crippen molar-refractivity contribution in [2.45, 2.75) is 66.3 Å². The van der Waals surface area contributed by atoms with Gasteiger partial charge in [-0.15, -0.1) is 6.58 Å². The van der Waals surface area contributed by atoms with Crippen molar-refractivity contribution in [2.75, 3.05) is 19.6 Å². The van der Waals surface area contributed by atoms with E-state index in [4.69, 9.17) is 0 Å². The van der Waals surface area contributed by atoms with Gasteiger partial charge in [-0.2, -0.15) is 0 Å². The van der Waals surface area contributed by atoms with Crippen LogP contribution < -0.4 is 5.32 Å². The van der Waals surface area contributed by atoms with E-state index < -0.39 is 0 Å². The Hall–Kier alpha value is -0.830. The fraction of sp³-hybridized carbons (Fsp3) is 0.842. The van der Waals surface area contributed by atoms with Crippen molar-refractivity contribution in [3.05, 3.63) is 12.7 Å². The van der Waals surface area contributed by atoms with Gasteiger partial charge >= 0.3 is 0 Å². The molecule has 128 valence electrons. The minimum absolute atomic E-state index is 0.180. The van der Waals surface area contributed by atoms with Gasteiger partial charge in [-0.1, -0.05) is 26.8 Å². The van der Waals surface area contributed by atoms with Crippen molar-refractivity contribution in [3.8, 4) is 0 Å². The zero-order valence-corrected chi connectivity index (χ0v) is 15.5. The lowest BCUT2D eigenvalue weighted by Gasteiger charge is -2.45. The van der Waals surface area contributed by atoms with Gasteiger partial charge in [0.1, 0.15) is 0 Å². The largest absolute Gasteiger partial charge is 0.351 e. The summed E-state index contributed by atoms with van der Waals surface area (Å²) in [7, 11) is 0. The number of allylic oxidation sites excluding steroid dienone is 1. The van der Waals surface area contributed by atoms with E-state index in [1.807, 2.05) is 6.08 Å². The van der Waals surface area contributed by atoms with Crippen molar-refractivity contribution in [2.24, 2.45) is 17.3 Å². The summed E-state index contributed by atoms with van der Waals surface area (Å²) >= 11 is 0. The van der Waals surface area contributed by atoms with Crippen LogP contribution in [0.1, 0.15) is 60.8 Å². The third kappa shape index (κ3) is 4.84. The highest BCUT2D eigenvalue weighted by Gasteiger charge is 2.46. The molecule has 0 aromatic heterocycles. The average Bonchev–Trinajstić information content (AvgIpc) is 2.44. The molecule has 1 rings (SSSR count). The molecule has 1 fully saturated rings. The molecular weight excluding hydrogens is 272 g/mol. The second kappa shape index (κ2) is 7.63. The van der Waals surface area contributed by atoms with Crippen LogP contribution in [0.5, 0.6) is 0 Å². The molecule has 1 N–H and O–H groups in total. The van der Waals surface area contributed by atoms with Crippen molar-refractivity contribution in [1.29, 1.82) is 0 Å². The molecule has 3 nitrogen and oxygen atoms in total.